The quantitative estimate of drug-likeness (QED) is 0.901. The van der Waals surface area contributed by atoms with Gasteiger partial charge in [-0.15, -0.1) is 0 Å². The predicted octanol–water partition coefficient (Wildman–Crippen LogP) is 3.93. The molecule has 0 radical (unpaired) electrons. The molecule has 1 saturated carbocycles. The van der Waals surface area contributed by atoms with Crippen molar-refractivity contribution in [1.82, 2.24) is 15.1 Å². The van der Waals surface area contributed by atoms with E-state index in [-0.39, 0.29) is 0 Å². The Bertz CT molecular complexity index is 524. The highest BCUT2D eigenvalue weighted by Gasteiger charge is 2.19. The first-order valence-corrected chi connectivity index (χ1v) is 8.15. The van der Waals surface area contributed by atoms with Crippen LogP contribution in [0.1, 0.15) is 44.6 Å². The topological polar surface area (TPSA) is 29.9 Å². The van der Waals surface area contributed by atoms with Crippen LogP contribution in [0.5, 0.6) is 0 Å². The number of benzene rings is 1. The van der Waals surface area contributed by atoms with Crippen molar-refractivity contribution in [2.75, 3.05) is 0 Å². The lowest BCUT2D eigenvalue weighted by molar-refractivity contribution is 0.280. The van der Waals surface area contributed by atoms with Crippen molar-refractivity contribution in [1.29, 1.82) is 0 Å². The molecule has 3 heteroatoms. The molecule has 1 aliphatic rings. The lowest BCUT2D eigenvalue weighted by atomic mass is 9.84. The molecule has 21 heavy (non-hydrogen) atoms. The van der Waals surface area contributed by atoms with E-state index in [2.05, 4.69) is 41.6 Å². The molecular weight excluding hydrogens is 258 g/mol. The first kappa shape index (κ1) is 14.3. The van der Waals surface area contributed by atoms with Crippen LogP contribution in [0.25, 0.3) is 5.69 Å². The Balaban J connectivity index is 1.53. The fourth-order valence-electron chi connectivity index (χ4n) is 3.27. The first-order chi connectivity index (χ1) is 10.3. The van der Waals surface area contributed by atoms with Gasteiger partial charge >= 0.3 is 0 Å². The van der Waals surface area contributed by atoms with Gasteiger partial charge < -0.3 is 5.32 Å². The van der Waals surface area contributed by atoms with E-state index in [0.29, 0.717) is 6.04 Å². The van der Waals surface area contributed by atoms with Crippen molar-refractivity contribution in [2.24, 2.45) is 5.92 Å². The van der Waals surface area contributed by atoms with Crippen LogP contribution < -0.4 is 5.32 Å². The minimum Gasteiger partial charge on any atom is -0.310 e. The summed E-state index contributed by atoms with van der Waals surface area (Å²) < 4.78 is 1.89. The van der Waals surface area contributed by atoms with Gasteiger partial charge in [0, 0.05) is 25.0 Å². The van der Waals surface area contributed by atoms with E-state index in [0.717, 1.165) is 18.2 Å². The van der Waals surface area contributed by atoms with E-state index in [1.54, 1.807) is 6.20 Å². The standard InChI is InChI=1S/C18H25N3/c1-15(17-6-3-2-4-7-17)19-14-16-8-10-18(11-9-16)21-13-5-12-20-21/h5,8-13,15,17,19H,2-4,6-7,14H2,1H3/t15-/m1/s1. The lowest BCUT2D eigenvalue weighted by Crippen LogP contribution is -2.34. The fourth-order valence-corrected chi connectivity index (χ4v) is 3.27. The van der Waals surface area contributed by atoms with Crippen LogP contribution in [0.3, 0.4) is 0 Å². The van der Waals surface area contributed by atoms with Gasteiger partial charge in [-0.3, -0.25) is 0 Å². The van der Waals surface area contributed by atoms with Crippen molar-refractivity contribution >= 4 is 0 Å². The summed E-state index contributed by atoms with van der Waals surface area (Å²) in [5.74, 6) is 0.863. The Morgan fingerprint density at radius 3 is 2.62 bits per heavy atom. The van der Waals surface area contributed by atoms with E-state index < -0.39 is 0 Å². The Morgan fingerprint density at radius 1 is 1.19 bits per heavy atom. The normalized spacial score (nSPS) is 17.8. The van der Waals surface area contributed by atoms with Crippen LogP contribution in [0, 0.1) is 5.92 Å². The van der Waals surface area contributed by atoms with E-state index in [1.807, 2.05) is 16.9 Å². The summed E-state index contributed by atoms with van der Waals surface area (Å²) in [5.41, 5.74) is 2.46. The molecule has 1 atom stereocenters. The molecule has 1 fully saturated rings. The number of aromatic nitrogens is 2. The number of nitrogens with zero attached hydrogens (tertiary/aromatic N) is 2. The summed E-state index contributed by atoms with van der Waals surface area (Å²) in [7, 11) is 0. The molecule has 112 valence electrons. The van der Waals surface area contributed by atoms with Crippen LogP contribution in [0.4, 0.5) is 0 Å². The molecule has 3 rings (SSSR count). The highest BCUT2D eigenvalue weighted by atomic mass is 15.3. The maximum atomic E-state index is 4.25. The van der Waals surface area contributed by atoms with Crippen LogP contribution in [-0.2, 0) is 6.54 Å². The van der Waals surface area contributed by atoms with Gasteiger partial charge in [0.1, 0.15) is 0 Å². The molecule has 1 aromatic carbocycles. The molecule has 0 spiro atoms. The Hall–Kier alpha value is -1.61. The van der Waals surface area contributed by atoms with Gasteiger partial charge in [-0.05, 0) is 49.4 Å². The van der Waals surface area contributed by atoms with Crippen molar-refractivity contribution in [3.63, 3.8) is 0 Å². The minimum absolute atomic E-state index is 0.621. The smallest absolute Gasteiger partial charge is 0.0645 e. The van der Waals surface area contributed by atoms with Gasteiger partial charge in [-0.2, -0.15) is 5.10 Å². The molecule has 0 aliphatic heterocycles. The van der Waals surface area contributed by atoms with Crippen LogP contribution in [0.2, 0.25) is 0 Å². The number of hydrogen-bond donors (Lipinski definition) is 1. The average Bonchev–Trinajstić information content (AvgIpc) is 3.08. The fraction of sp³-hybridized carbons (Fsp3) is 0.500. The third-order valence-electron chi connectivity index (χ3n) is 4.69. The van der Waals surface area contributed by atoms with Gasteiger partial charge in [-0.25, -0.2) is 4.68 Å². The van der Waals surface area contributed by atoms with E-state index in [4.69, 9.17) is 0 Å². The maximum Gasteiger partial charge on any atom is 0.0645 e. The summed E-state index contributed by atoms with van der Waals surface area (Å²) >= 11 is 0. The SMILES string of the molecule is C[C@@H](NCc1ccc(-n2cccn2)cc1)C1CCCCC1. The Morgan fingerprint density at radius 2 is 1.95 bits per heavy atom. The first-order valence-electron chi connectivity index (χ1n) is 8.15. The third-order valence-corrected chi connectivity index (χ3v) is 4.69. The summed E-state index contributed by atoms with van der Waals surface area (Å²) in [6, 6.07) is 11.2. The van der Waals surface area contributed by atoms with Crippen LogP contribution in [0.15, 0.2) is 42.7 Å². The van der Waals surface area contributed by atoms with Gasteiger partial charge in [0.25, 0.3) is 0 Å². The van der Waals surface area contributed by atoms with Gasteiger partial charge in [0.2, 0.25) is 0 Å². The second-order valence-corrected chi connectivity index (χ2v) is 6.18. The molecule has 2 aromatic rings. The minimum atomic E-state index is 0.621. The van der Waals surface area contributed by atoms with Gasteiger partial charge in [0.15, 0.2) is 0 Å². The summed E-state index contributed by atoms with van der Waals surface area (Å²) in [6.45, 7) is 3.30. The second-order valence-electron chi connectivity index (χ2n) is 6.18. The van der Waals surface area contributed by atoms with Gasteiger partial charge in [0.05, 0.1) is 5.69 Å². The highest BCUT2D eigenvalue weighted by molar-refractivity contribution is 5.33. The molecule has 0 amide bonds. The molecule has 0 bridgehead atoms. The van der Waals surface area contributed by atoms with Crippen molar-refractivity contribution in [3.05, 3.63) is 48.3 Å². The van der Waals surface area contributed by atoms with Crippen molar-refractivity contribution in [2.45, 2.75) is 51.6 Å². The zero-order valence-corrected chi connectivity index (χ0v) is 12.8. The summed E-state index contributed by atoms with van der Waals surface area (Å²) in [6.07, 6.45) is 10.8. The van der Waals surface area contributed by atoms with Crippen LogP contribution in [-0.4, -0.2) is 15.8 Å². The molecule has 1 heterocycles. The largest absolute Gasteiger partial charge is 0.310 e. The molecule has 0 saturated heterocycles. The Labute approximate surface area is 127 Å². The zero-order valence-electron chi connectivity index (χ0n) is 12.8. The summed E-state index contributed by atoms with van der Waals surface area (Å²) in [5, 5.41) is 7.95. The van der Waals surface area contributed by atoms with Crippen molar-refractivity contribution in [3.8, 4) is 5.69 Å². The Kier molecular flexibility index (Phi) is 4.71. The monoisotopic (exact) mass is 283 g/mol. The van der Waals surface area contributed by atoms with E-state index in [9.17, 15) is 0 Å². The van der Waals surface area contributed by atoms with E-state index in [1.165, 1.54) is 37.7 Å². The van der Waals surface area contributed by atoms with Crippen molar-refractivity contribution < 1.29 is 0 Å². The molecule has 1 N–H and O–H groups in total. The number of hydrogen-bond acceptors (Lipinski definition) is 2. The lowest BCUT2D eigenvalue weighted by Gasteiger charge is -2.28. The van der Waals surface area contributed by atoms with Gasteiger partial charge in [-0.1, -0.05) is 31.4 Å². The maximum absolute atomic E-state index is 4.25. The van der Waals surface area contributed by atoms with Crippen LogP contribution >= 0.6 is 0 Å². The number of rotatable bonds is 5. The third kappa shape index (κ3) is 3.73. The number of nitrogens with one attached hydrogen (secondary N) is 1. The predicted molar refractivity (Wildman–Crippen MR) is 86.4 cm³/mol. The molecule has 0 unspecified atom stereocenters. The molecule has 1 aromatic heterocycles. The molecule has 1 aliphatic carbocycles. The molecular formula is C18H25N3. The zero-order chi connectivity index (χ0) is 14.5. The average molecular weight is 283 g/mol. The summed E-state index contributed by atoms with van der Waals surface area (Å²) in [4.78, 5) is 0. The highest BCUT2D eigenvalue weighted by Crippen LogP contribution is 2.26. The molecule has 3 nitrogen and oxygen atoms in total. The van der Waals surface area contributed by atoms with E-state index >= 15 is 0 Å². The second kappa shape index (κ2) is 6.90.